The molecular formula is C44H56AlLiN6O5S2. The molecule has 4 fully saturated rings. The summed E-state index contributed by atoms with van der Waals surface area (Å²) in [5.74, 6) is 2.06. The number of aryl methyl sites for hydroxylation is 2. The molecule has 4 aromatic rings. The Hall–Kier alpha value is -3.72. The van der Waals surface area contributed by atoms with E-state index >= 15 is 0 Å². The Bertz CT molecular complexity index is 2450. The Morgan fingerprint density at radius 3 is 1.58 bits per heavy atom. The summed E-state index contributed by atoms with van der Waals surface area (Å²) in [5, 5.41) is 0. The molecule has 59 heavy (non-hydrogen) atoms. The first-order valence-corrected chi connectivity index (χ1v) is 23.1. The van der Waals surface area contributed by atoms with Crippen LogP contribution in [-0.2, 0) is 35.7 Å². The molecule has 308 valence electrons. The van der Waals surface area contributed by atoms with Gasteiger partial charge in [-0.05, 0) is 109 Å². The molecule has 2 aliphatic heterocycles. The van der Waals surface area contributed by atoms with Gasteiger partial charge in [-0.1, -0.05) is 56.3 Å². The molecule has 4 unspecified atom stereocenters. The molecule has 2 saturated carbocycles. The minimum absolute atomic E-state index is 0. The fraction of sp³-hybridized carbons (Fsp3) is 0.386. The predicted molar refractivity (Wildman–Crippen MR) is 239 cm³/mol. The Morgan fingerprint density at radius 1 is 0.712 bits per heavy atom. The van der Waals surface area contributed by atoms with Crippen LogP contribution in [0, 0.1) is 37.5 Å². The van der Waals surface area contributed by atoms with Crippen molar-refractivity contribution >= 4 is 66.8 Å². The van der Waals surface area contributed by atoms with E-state index < -0.39 is 20.0 Å². The fourth-order valence-electron chi connectivity index (χ4n) is 9.19. The Kier molecular flexibility index (Phi) is 14.2. The van der Waals surface area contributed by atoms with E-state index in [-0.39, 0.29) is 54.4 Å². The third-order valence-electron chi connectivity index (χ3n) is 12.3. The van der Waals surface area contributed by atoms with Crippen molar-refractivity contribution in [2.75, 3.05) is 54.7 Å². The molecule has 4 atom stereocenters. The average Bonchev–Trinajstić information content (AvgIpc) is 3.60. The second kappa shape index (κ2) is 18.1. The van der Waals surface area contributed by atoms with E-state index in [4.69, 9.17) is 0 Å². The van der Waals surface area contributed by atoms with E-state index in [9.17, 15) is 21.6 Å². The Balaban J connectivity index is 0.000000252. The zero-order chi connectivity index (χ0) is 40.8. The number of anilines is 2. The van der Waals surface area contributed by atoms with E-state index in [1.54, 1.807) is 18.2 Å². The van der Waals surface area contributed by atoms with Gasteiger partial charge in [-0.25, -0.2) is 16.8 Å². The first-order chi connectivity index (χ1) is 26.9. The van der Waals surface area contributed by atoms with Crippen molar-refractivity contribution in [2.45, 2.75) is 38.5 Å². The van der Waals surface area contributed by atoms with E-state index in [1.165, 1.54) is 11.8 Å². The summed E-state index contributed by atoms with van der Waals surface area (Å²) >= 11 is 0. The maximum atomic E-state index is 12.6. The van der Waals surface area contributed by atoms with Gasteiger partial charge in [0.25, 0.3) is 0 Å². The standard InChI is InChI=1S/C22H25N3O3S.C22H27N3O2S.Al.Li.4H/c1-15-6-4-8-17(23-15)10-11-21(26)25-13-19-20(14-25)22(19,2)16-7-5-9-18(12-16)24-29(3,27)28;1-16-7-4-9-18(23-16)11-6-12-25-14-20-21(15-25)22(20,2)17-8-5-10-19(13-17)24-28(3,26)27;;;;;;/h4-12,19-20,24H,13-14H2,1-3H3;4-11,13,20-21,24H,12,14-15H2,1-3H3;;;;;;/q;;;+1;;;;-1/b11-10+;11-6+;;;;;;. The second-order valence-electron chi connectivity index (χ2n) is 16.5. The van der Waals surface area contributed by atoms with E-state index in [0.717, 1.165) is 67.3 Å². The number of carbonyl (C=O) groups excluding carboxylic acids is 1. The van der Waals surface area contributed by atoms with Crippen molar-refractivity contribution in [1.29, 1.82) is 0 Å². The monoisotopic (exact) mass is 846 g/mol. The molecule has 8 rings (SSSR count). The molecular weight excluding hydrogens is 791 g/mol. The molecule has 11 nitrogen and oxygen atoms in total. The number of nitrogens with zero attached hydrogens (tertiary/aromatic N) is 4. The van der Waals surface area contributed by atoms with Crippen molar-refractivity contribution in [3.63, 3.8) is 0 Å². The maximum Gasteiger partial charge on any atom is 1.00 e. The van der Waals surface area contributed by atoms with Crippen molar-refractivity contribution in [3.05, 3.63) is 131 Å². The number of sulfonamides is 2. The van der Waals surface area contributed by atoms with Crippen LogP contribution in [0.2, 0.25) is 0 Å². The van der Waals surface area contributed by atoms with E-state index in [1.807, 2.05) is 91.5 Å². The summed E-state index contributed by atoms with van der Waals surface area (Å²) in [5.41, 5.74) is 7.45. The summed E-state index contributed by atoms with van der Waals surface area (Å²) in [4.78, 5) is 25.8. The number of fused-ring (bicyclic) bond motifs is 2. The largest absolute Gasteiger partial charge is 1.00 e. The first kappa shape index (κ1) is 46.3. The molecule has 2 N–H and O–H groups in total. The van der Waals surface area contributed by atoms with Crippen LogP contribution < -0.4 is 28.3 Å². The molecule has 2 aromatic carbocycles. The van der Waals surface area contributed by atoms with E-state index in [2.05, 4.69) is 56.4 Å². The zero-order valence-electron chi connectivity index (χ0n) is 35.4. The van der Waals surface area contributed by atoms with Gasteiger partial charge in [0, 0.05) is 72.4 Å². The zero-order valence-corrected chi connectivity index (χ0v) is 36.0. The third kappa shape index (κ3) is 10.8. The van der Waals surface area contributed by atoms with Crippen LogP contribution in [0.1, 0.15) is 49.2 Å². The average molecular weight is 847 g/mol. The summed E-state index contributed by atoms with van der Waals surface area (Å²) < 4.78 is 51.2. The molecule has 0 radical (unpaired) electrons. The molecule has 0 bridgehead atoms. The molecule has 2 aliphatic carbocycles. The van der Waals surface area contributed by atoms with Gasteiger partial charge in [-0.3, -0.25) is 29.1 Å². The Labute approximate surface area is 374 Å². The predicted octanol–water partition coefficient (Wildman–Crippen LogP) is 2.05. The van der Waals surface area contributed by atoms with Gasteiger partial charge >= 0.3 is 18.9 Å². The van der Waals surface area contributed by atoms with Crippen molar-refractivity contribution < 1.29 is 41.9 Å². The number of hydrogen-bond acceptors (Lipinski definition) is 8. The van der Waals surface area contributed by atoms with Crippen molar-refractivity contribution in [2.24, 2.45) is 23.7 Å². The number of rotatable bonds is 11. The minimum Gasteiger partial charge on any atom is -1.00 e. The number of carbonyl (C=O) groups is 1. The number of hydrogen-bond donors (Lipinski definition) is 2. The van der Waals surface area contributed by atoms with Gasteiger partial charge in [0.05, 0.1) is 23.9 Å². The summed E-state index contributed by atoms with van der Waals surface area (Å²) in [6.07, 6.45) is 9.98. The molecule has 2 aromatic heterocycles. The van der Waals surface area contributed by atoms with Crippen molar-refractivity contribution in [1.82, 2.24) is 19.8 Å². The smallest absolute Gasteiger partial charge is 1.00 e. The van der Waals surface area contributed by atoms with Crippen molar-refractivity contribution in [3.8, 4) is 0 Å². The third-order valence-corrected chi connectivity index (χ3v) is 13.5. The van der Waals surface area contributed by atoms with Crippen LogP contribution >= 0.6 is 0 Å². The number of pyridine rings is 2. The number of benzene rings is 2. The number of likely N-dealkylation sites (tertiary alicyclic amines) is 2. The molecule has 0 spiro atoms. The molecule has 4 heterocycles. The van der Waals surface area contributed by atoms with Crippen LogP contribution in [-0.4, -0.2) is 105 Å². The van der Waals surface area contributed by atoms with E-state index in [0.29, 0.717) is 35.0 Å². The molecule has 15 heteroatoms. The van der Waals surface area contributed by atoms with Gasteiger partial charge < -0.3 is 6.33 Å². The summed E-state index contributed by atoms with van der Waals surface area (Å²) in [7, 11) is -6.56. The number of aromatic nitrogens is 2. The van der Waals surface area contributed by atoms with Gasteiger partial charge in [-0.15, -0.1) is 0 Å². The normalized spacial score (nSPS) is 25.6. The summed E-state index contributed by atoms with van der Waals surface area (Å²) in [6, 6.07) is 27.3. The van der Waals surface area contributed by atoms with Crippen LogP contribution in [0.15, 0.2) is 97.1 Å². The van der Waals surface area contributed by atoms with Crippen LogP contribution in [0.5, 0.6) is 0 Å². The van der Waals surface area contributed by atoms with Crippen LogP contribution in [0.4, 0.5) is 11.4 Å². The van der Waals surface area contributed by atoms with Gasteiger partial charge in [0.2, 0.25) is 26.0 Å². The molecule has 4 aliphatic rings. The number of amides is 1. The Morgan fingerprint density at radius 2 is 1.14 bits per heavy atom. The molecule has 2 saturated heterocycles. The topological polar surface area (TPSA) is 142 Å². The first-order valence-electron chi connectivity index (χ1n) is 19.3. The number of piperidine rings is 2. The molecule has 1 amide bonds. The van der Waals surface area contributed by atoms with Gasteiger partial charge in [-0.2, -0.15) is 0 Å². The maximum absolute atomic E-state index is 12.6. The minimum atomic E-state index is -3.31. The SMILES string of the molecule is Cc1cccc(/C=C/C(=O)N2CC3C(C2)C3(C)c2cccc(NS(C)(=O)=O)c2)n1.Cc1cccc(/C=C/CN2CC3C(C2)C3(C)c2cccc(NS(C)(=O)=O)c2)n1.[AlH3].[H-].[Li+]. The van der Waals surface area contributed by atoms with Gasteiger partial charge in [0.15, 0.2) is 17.4 Å². The summed E-state index contributed by atoms with van der Waals surface area (Å²) in [6.45, 7) is 13.0. The van der Waals surface area contributed by atoms with Crippen LogP contribution in [0.25, 0.3) is 12.2 Å². The van der Waals surface area contributed by atoms with Crippen LogP contribution in [0.3, 0.4) is 0 Å². The second-order valence-corrected chi connectivity index (χ2v) is 20.0. The number of nitrogens with one attached hydrogen (secondary N) is 2. The van der Waals surface area contributed by atoms with Gasteiger partial charge in [0.1, 0.15) is 0 Å². The quantitative estimate of drug-likeness (QED) is 0.173. The fourth-order valence-corrected chi connectivity index (χ4v) is 10.3.